The Balaban J connectivity index is 0.00000210. The van der Waals surface area contributed by atoms with Gasteiger partial charge in [0.2, 0.25) is 5.91 Å². The molecule has 0 unspecified atom stereocenters. The summed E-state index contributed by atoms with van der Waals surface area (Å²) < 4.78 is 0. The Bertz CT molecular complexity index is 682. The highest BCUT2D eigenvalue weighted by atomic mass is 127. The molecule has 4 rings (SSSR count). The molecule has 5 nitrogen and oxygen atoms in total. The number of likely N-dealkylation sites (tertiary alicyclic amines) is 1. The third-order valence-corrected chi connectivity index (χ3v) is 6.39. The van der Waals surface area contributed by atoms with Crippen molar-refractivity contribution in [1.29, 1.82) is 0 Å². The highest BCUT2D eigenvalue weighted by Crippen LogP contribution is 2.45. The number of hydrogen-bond acceptors (Lipinski definition) is 2. The molecule has 6 heteroatoms. The molecule has 2 saturated heterocycles. The largest absolute Gasteiger partial charge is 0.352 e. The number of hydrogen-bond donors (Lipinski definition) is 1. The van der Waals surface area contributed by atoms with Crippen LogP contribution in [-0.2, 0) is 11.3 Å². The first-order valence-corrected chi connectivity index (χ1v) is 10.0. The minimum absolute atomic E-state index is 0. The van der Waals surface area contributed by atoms with Gasteiger partial charge in [0, 0.05) is 45.3 Å². The third-order valence-electron chi connectivity index (χ3n) is 6.39. The molecule has 1 aliphatic carbocycles. The summed E-state index contributed by atoms with van der Waals surface area (Å²) >= 11 is 0. The molecule has 2 aliphatic heterocycles. The molecule has 0 atom stereocenters. The van der Waals surface area contributed by atoms with Gasteiger partial charge in [-0.2, -0.15) is 0 Å². The second-order valence-corrected chi connectivity index (χ2v) is 8.09. The van der Waals surface area contributed by atoms with E-state index in [0.29, 0.717) is 11.8 Å². The predicted molar refractivity (Wildman–Crippen MR) is 121 cm³/mol. The SMILES string of the molecule is CN=C(NCc1ccc(N2CCCC2=O)cc1)N1CCC2(CCCC2)C1.I. The quantitative estimate of drug-likeness (QED) is 0.406. The molecule has 1 saturated carbocycles. The number of carbonyl (C=O) groups is 1. The van der Waals surface area contributed by atoms with Gasteiger partial charge in [-0.3, -0.25) is 9.79 Å². The Morgan fingerprint density at radius 3 is 2.48 bits per heavy atom. The van der Waals surface area contributed by atoms with Gasteiger partial charge in [-0.1, -0.05) is 25.0 Å². The molecular formula is C21H31IN4O. The van der Waals surface area contributed by atoms with Crippen LogP contribution in [0.25, 0.3) is 0 Å². The summed E-state index contributed by atoms with van der Waals surface area (Å²) in [6.45, 7) is 3.89. The number of benzene rings is 1. The van der Waals surface area contributed by atoms with Crippen LogP contribution in [0, 0.1) is 5.41 Å². The van der Waals surface area contributed by atoms with Crippen molar-refractivity contribution in [3.8, 4) is 0 Å². The van der Waals surface area contributed by atoms with Crippen molar-refractivity contribution in [3.63, 3.8) is 0 Å². The Morgan fingerprint density at radius 1 is 1.11 bits per heavy atom. The number of anilines is 1. The van der Waals surface area contributed by atoms with Crippen LogP contribution >= 0.6 is 24.0 Å². The van der Waals surface area contributed by atoms with E-state index in [1.54, 1.807) is 0 Å². The van der Waals surface area contributed by atoms with E-state index in [1.165, 1.54) is 37.7 Å². The van der Waals surface area contributed by atoms with E-state index in [1.807, 2.05) is 11.9 Å². The maximum atomic E-state index is 11.9. The van der Waals surface area contributed by atoms with Gasteiger partial charge in [0.05, 0.1) is 0 Å². The van der Waals surface area contributed by atoms with E-state index in [4.69, 9.17) is 0 Å². The summed E-state index contributed by atoms with van der Waals surface area (Å²) in [6, 6.07) is 8.35. The van der Waals surface area contributed by atoms with Crippen LogP contribution in [0.3, 0.4) is 0 Å². The fraction of sp³-hybridized carbons (Fsp3) is 0.619. The van der Waals surface area contributed by atoms with Gasteiger partial charge >= 0.3 is 0 Å². The molecule has 0 radical (unpaired) electrons. The fourth-order valence-electron chi connectivity index (χ4n) is 4.88. The van der Waals surface area contributed by atoms with Crippen molar-refractivity contribution >= 4 is 41.5 Å². The normalized spacial score (nSPS) is 21.8. The number of rotatable bonds is 3. The molecule has 1 amide bonds. The highest BCUT2D eigenvalue weighted by molar-refractivity contribution is 14.0. The first-order chi connectivity index (χ1) is 12.7. The second kappa shape index (κ2) is 8.80. The number of nitrogens with one attached hydrogen (secondary N) is 1. The molecule has 1 N–H and O–H groups in total. The monoisotopic (exact) mass is 482 g/mol. The molecule has 0 bridgehead atoms. The lowest BCUT2D eigenvalue weighted by Crippen LogP contribution is -2.40. The Hall–Kier alpha value is -1.31. The summed E-state index contributed by atoms with van der Waals surface area (Å²) in [5.41, 5.74) is 2.79. The van der Waals surface area contributed by atoms with Crippen LogP contribution in [-0.4, -0.2) is 43.4 Å². The first kappa shape index (κ1) is 20.4. The van der Waals surface area contributed by atoms with Gasteiger partial charge in [0.1, 0.15) is 0 Å². The van der Waals surface area contributed by atoms with Crippen molar-refractivity contribution in [3.05, 3.63) is 29.8 Å². The zero-order valence-corrected chi connectivity index (χ0v) is 18.6. The van der Waals surface area contributed by atoms with Crippen molar-refractivity contribution in [2.45, 2.75) is 51.5 Å². The van der Waals surface area contributed by atoms with E-state index in [0.717, 1.165) is 44.2 Å². The van der Waals surface area contributed by atoms with Crippen LogP contribution in [0.5, 0.6) is 0 Å². The van der Waals surface area contributed by atoms with E-state index >= 15 is 0 Å². The maximum Gasteiger partial charge on any atom is 0.227 e. The van der Waals surface area contributed by atoms with Crippen molar-refractivity contribution in [2.75, 3.05) is 31.6 Å². The minimum atomic E-state index is 0. The smallest absolute Gasteiger partial charge is 0.227 e. The zero-order chi connectivity index (χ0) is 18.0. The Labute approximate surface area is 179 Å². The molecule has 3 fully saturated rings. The molecule has 1 spiro atoms. The van der Waals surface area contributed by atoms with E-state index in [-0.39, 0.29) is 29.9 Å². The average molecular weight is 482 g/mol. The number of amides is 1. The fourth-order valence-corrected chi connectivity index (χ4v) is 4.88. The lowest BCUT2D eigenvalue weighted by molar-refractivity contribution is -0.117. The standard InChI is InChI=1S/C21H30N4O.HI/c1-22-20(24-14-12-21(16-24)10-2-3-11-21)23-15-17-6-8-18(9-7-17)25-13-4-5-19(25)26;/h6-9H,2-5,10-16H2,1H3,(H,22,23);1H. The molecule has 3 aliphatic rings. The number of nitrogens with zero attached hydrogens (tertiary/aromatic N) is 3. The lowest BCUT2D eigenvalue weighted by Gasteiger charge is -2.26. The number of aliphatic imine (C=N–C) groups is 1. The minimum Gasteiger partial charge on any atom is -0.352 e. The van der Waals surface area contributed by atoms with E-state index < -0.39 is 0 Å². The molecule has 0 aromatic heterocycles. The first-order valence-electron chi connectivity index (χ1n) is 10.0. The lowest BCUT2D eigenvalue weighted by atomic mass is 9.86. The van der Waals surface area contributed by atoms with Gasteiger partial charge in [0.25, 0.3) is 0 Å². The van der Waals surface area contributed by atoms with Gasteiger partial charge in [-0.15, -0.1) is 24.0 Å². The van der Waals surface area contributed by atoms with Crippen LogP contribution < -0.4 is 10.2 Å². The van der Waals surface area contributed by atoms with Crippen LogP contribution in [0.2, 0.25) is 0 Å². The average Bonchev–Trinajstić information content (AvgIpc) is 3.40. The molecule has 2 heterocycles. The topological polar surface area (TPSA) is 47.9 Å². The van der Waals surface area contributed by atoms with E-state index in [9.17, 15) is 4.79 Å². The molecule has 148 valence electrons. The van der Waals surface area contributed by atoms with Gasteiger partial charge in [-0.25, -0.2) is 0 Å². The van der Waals surface area contributed by atoms with Gasteiger partial charge in [0.15, 0.2) is 5.96 Å². The van der Waals surface area contributed by atoms with E-state index in [2.05, 4.69) is 39.5 Å². The van der Waals surface area contributed by atoms with Gasteiger partial charge < -0.3 is 15.1 Å². The molecule has 27 heavy (non-hydrogen) atoms. The maximum absolute atomic E-state index is 11.9. The summed E-state index contributed by atoms with van der Waals surface area (Å²) in [6.07, 6.45) is 8.52. The van der Waals surface area contributed by atoms with Crippen molar-refractivity contribution < 1.29 is 4.79 Å². The van der Waals surface area contributed by atoms with Crippen molar-refractivity contribution in [1.82, 2.24) is 10.2 Å². The number of carbonyl (C=O) groups excluding carboxylic acids is 1. The predicted octanol–water partition coefficient (Wildman–Crippen LogP) is 3.77. The molecular weight excluding hydrogens is 451 g/mol. The second-order valence-electron chi connectivity index (χ2n) is 8.09. The Kier molecular flexibility index (Phi) is 6.65. The van der Waals surface area contributed by atoms with Gasteiger partial charge in [-0.05, 0) is 48.8 Å². The third kappa shape index (κ3) is 4.41. The Morgan fingerprint density at radius 2 is 1.85 bits per heavy atom. The van der Waals surface area contributed by atoms with Crippen molar-refractivity contribution in [2.24, 2.45) is 10.4 Å². The van der Waals surface area contributed by atoms with Crippen LogP contribution in [0.1, 0.15) is 50.5 Å². The summed E-state index contributed by atoms with van der Waals surface area (Å²) in [5.74, 6) is 1.26. The zero-order valence-electron chi connectivity index (χ0n) is 16.2. The molecule has 1 aromatic rings. The summed E-state index contributed by atoms with van der Waals surface area (Å²) in [4.78, 5) is 20.7. The summed E-state index contributed by atoms with van der Waals surface area (Å²) in [7, 11) is 1.88. The molecule has 1 aromatic carbocycles. The summed E-state index contributed by atoms with van der Waals surface area (Å²) in [5, 5.41) is 3.53. The van der Waals surface area contributed by atoms with Crippen LogP contribution in [0.15, 0.2) is 29.3 Å². The number of halogens is 1. The van der Waals surface area contributed by atoms with Crippen LogP contribution in [0.4, 0.5) is 5.69 Å². The highest BCUT2D eigenvalue weighted by Gasteiger charge is 2.41. The number of guanidine groups is 1.